The number of methoxy groups -OCH3 is 6. The van der Waals surface area contributed by atoms with Crippen LogP contribution in [0.5, 0.6) is 0 Å². The first-order valence-corrected chi connectivity index (χ1v) is 11.4. The predicted octanol–water partition coefficient (Wildman–Crippen LogP) is 2.09. The second-order valence-electron chi connectivity index (χ2n) is 5.91. The van der Waals surface area contributed by atoms with Crippen molar-refractivity contribution in [3.8, 4) is 0 Å². The Kier molecular flexibility index (Phi) is 15.5. The zero-order valence-corrected chi connectivity index (χ0v) is 21.4. The van der Waals surface area contributed by atoms with Gasteiger partial charge in [-0.15, -0.1) is 0 Å². The first-order chi connectivity index (χ1) is 15.2. The Morgan fingerprint density at radius 3 is 0.875 bits per heavy atom. The normalized spacial score (nSPS) is 13.7. The molecule has 0 N–H and O–H groups in total. The lowest BCUT2D eigenvalue weighted by atomic mass is 10.6. The molecule has 14 heteroatoms. The fourth-order valence-electron chi connectivity index (χ4n) is 2.15. The van der Waals surface area contributed by atoms with Gasteiger partial charge in [-0.05, 0) is 20.8 Å². The summed E-state index contributed by atoms with van der Waals surface area (Å²) in [5.74, 6) is -5.99. The number of phosphoric ester groups is 1. The van der Waals surface area contributed by atoms with Crippen LogP contribution in [0.3, 0.4) is 0 Å². The highest BCUT2D eigenvalue weighted by atomic mass is 31.2. The van der Waals surface area contributed by atoms with Crippen molar-refractivity contribution in [3.63, 3.8) is 0 Å². The standard InChI is InChI=1S/C18H39O13P/c1-10-26-13-16(20-4,21-5)29-32(19,30-17(22-6,23-7)14-27-11-2)31-18(24-8,25-9)15-28-12-3/h10-15H2,1-9H3. The molecule has 0 saturated heterocycles. The smallest absolute Gasteiger partial charge is 0.373 e. The maximum atomic E-state index is 14.0. The van der Waals surface area contributed by atoms with Crippen molar-refractivity contribution in [2.45, 2.75) is 38.7 Å². The van der Waals surface area contributed by atoms with E-state index in [1.165, 1.54) is 42.7 Å². The summed E-state index contributed by atoms with van der Waals surface area (Å²) in [4.78, 5) is 0. The van der Waals surface area contributed by atoms with Crippen LogP contribution >= 0.6 is 7.82 Å². The van der Waals surface area contributed by atoms with Gasteiger partial charge in [-0.1, -0.05) is 0 Å². The molecule has 0 aliphatic carbocycles. The topological polar surface area (TPSA) is 128 Å². The average Bonchev–Trinajstić information content (AvgIpc) is 2.82. The molecular weight excluding hydrogens is 455 g/mol. The van der Waals surface area contributed by atoms with Gasteiger partial charge in [0.25, 0.3) is 0 Å². The van der Waals surface area contributed by atoms with Gasteiger partial charge in [-0.2, -0.15) is 0 Å². The second kappa shape index (κ2) is 15.6. The van der Waals surface area contributed by atoms with E-state index >= 15 is 0 Å². The van der Waals surface area contributed by atoms with E-state index in [-0.39, 0.29) is 19.8 Å². The lowest BCUT2D eigenvalue weighted by Crippen LogP contribution is -2.48. The van der Waals surface area contributed by atoms with Crippen molar-refractivity contribution < 1.29 is 60.8 Å². The highest BCUT2D eigenvalue weighted by Crippen LogP contribution is 2.59. The summed E-state index contributed by atoms with van der Waals surface area (Å²) in [6, 6.07) is 0. The minimum atomic E-state index is -4.79. The van der Waals surface area contributed by atoms with Gasteiger partial charge >= 0.3 is 25.7 Å². The summed E-state index contributed by atoms with van der Waals surface area (Å²) in [7, 11) is 2.75. The van der Waals surface area contributed by atoms with E-state index in [1.54, 1.807) is 20.8 Å². The molecule has 194 valence electrons. The molecule has 0 aliphatic rings. The highest BCUT2D eigenvalue weighted by Gasteiger charge is 2.54. The van der Waals surface area contributed by atoms with Gasteiger partial charge < -0.3 is 42.6 Å². The van der Waals surface area contributed by atoms with E-state index < -0.39 is 25.7 Å². The number of rotatable bonds is 21. The summed E-state index contributed by atoms with van der Waals surface area (Å²) < 4.78 is 78.6. The third-order valence-electron chi connectivity index (χ3n) is 4.07. The van der Waals surface area contributed by atoms with E-state index in [0.29, 0.717) is 19.8 Å². The van der Waals surface area contributed by atoms with Crippen LogP contribution < -0.4 is 0 Å². The zero-order chi connectivity index (χ0) is 24.7. The molecule has 0 bridgehead atoms. The van der Waals surface area contributed by atoms with E-state index in [1.807, 2.05) is 0 Å². The average molecular weight is 494 g/mol. The molecule has 0 aliphatic heterocycles. The first kappa shape index (κ1) is 31.8. The van der Waals surface area contributed by atoms with Crippen LogP contribution in [0, 0.1) is 0 Å². The minimum Gasteiger partial charge on any atom is -0.373 e. The molecule has 32 heavy (non-hydrogen) atoms. The van der Waals surface area contributed by atoms with Crippen LogP contribution in [-0.4, -0.2) is 100 Å². The lowest BCUT2D eigenvalue weighted by Gasteiger charge is -2.39. The highest BCUT2D eigenvalue weighted by molar-refractivity contribution is 7.48. The van der Waals surface area contributed by atoms with Crippen LogP contribution in [0.4, 0.5) is 0 Å². The van der Waals surface area contributed by atoms with Crippen LogP contribution in [-0.2, 0) is 60.8 Å². The molecule has 0 spiro atoms. The Balaban J connectivity index is 6.31. The Labute approximate surface area is 190 Å². The van der Waals surface area contributed by atoms with E-state index in [2.05, 4.69) is 0 Å². The molecule has 0 aromatic rings. The minimum absolute atomic E-state index is 0.288. The van der Waals surface area contributed by atoms with Gasteiger partial charge in [-0.25, -0.2) is 18.1 Å². The predicted molar refractivity (Wildman–Crippen MR) is 111 cm³/mol. The molecule has 0 heterocycles. The summed E-state index contributed by atoms with van der Waals surface area (Å²) >= 11 is 0. The van der Waals surface area contributed by atoms with Crippen molar-refractivity contribution >= 4 is 7.82 Å². The van der Waals surface area contributed by atoms with Crippen LogP contribution in [0.15, 0.2) is 0 Å². The molecule has 0 aromatic heterocycles. The maximum absolute atomic E-state index is 14.0. The molecule has 0 fully saturated rings. The number of hydrogen-bond donors (Lipinski definition) is 0. The Bertz CT molecular complexity index is 450. The third-order valence-corrected chi connectivity index (χ3v) is 5.57. The number of hydrogen-bond acceptors (Lipinski definition) is 13. The van der Waals surface area contributed by atoms with Crippen molar-refractivity contribution in [3.05, 3.63) is 0 Å². The summed E-state index contributed by atoms with van der Waals surface area (Å²) in [6.45, 7) is 5.24. The largest absolute Gasteiger partial charge is 0.488 e. The molecular formula is C18H39O13P. The van der Waals surface area contributed by atoms with Crippen molar-refractivity contribution in [2.75, 3.05) is 82.3 Å². The Morgan fingerprint density at radius 1 is 0.500 bits per heavy atom. The van der Waals surface area contributed by atoms with E-state index in [4.69, 9.17) is 56.2 Å². The fraction of sp³-hybridized carbons (Fsp3) is 1.00. The first-order valence-electron chi connectivity index (χ1n) is 9.93. The van der Waals surface area contributed by atoms with Crippen LogP contribution in [0.2, 0.25) is 0 Å². The quantitative estimate of drug-likeness (QED) is 0.171. The molecule has 0 aromatic carbocycles. The SMILES string of the molecule is CCOCC(OC)(OC)OP(=O)(OC(COCC)(OC)OC)OC(COCC)(OC)OC. The molecule has 0 saturated carbocycles. The van der Waals surface area contributed by atoms with Crippen molar-refractivity contribution in [2.24, 2.45) is 0 Å². The zero-order valence-electron chi connectivity index (χ0n) is 20.5. The van der Waals surface area contributed by atoms with Crippen molar-refractivity contribution in [1.82, 2.24) is 0 Å². The molecule has 0 radical (unpaired) electrons. The number of phosphoric acid groups is 1. The fourth-order valence-corrected chi connectivity index (χ4v) is 3.89. The van der Waals surface area contributed by atoms with Gasteiger partial charge in [0.15, 0.2) is 0 Å². The van der Waals surface area contributed by atoms with Gasteiger partial charge in [0.2, 0.25) is 0 Å². The van der Waals surface area contributed by atoms with Crippen LogP contribution in [0.1, 0.15) is 20.8 Å². The number of ether oxygens (including phenoxy) is 9. The van der Waals surface area contributed by atoms with Crippen LogP contribution in [0.25, 0.3) is 0 Å². The van der Waals surface area contributed by atoms with Gasteiger partial charge in [-0.3, -0.25) is 0 Å². The molecule has 0 unspecified atom stereocenters. The third kappa shape index (κ3) is 9.55. The molecule has 0 atom stereocenters. The monoisotopic (exact) mass is 494 g/mol. The second-order valence-corrected chi connectivity index (χ2v) is 7.35. The van der Waals surface area contributed by atoms with E-state index in [9.17, 15) is 4.57 Å². The van der Waals surface area contributed by atoms with Gasteiger partial charge in [0, 0.05) is 62.5 Å². The maximum Gasteiger partial charge on any atom is 0.488 e. The van der Waals surface area contributed by atoms with Gasteiger partial charge in [0.1, 0.15) is 19.8 Å². The molecule has 13 nitrogen and oxygen atoms in total. The Hall–Kier alpha value is -0.250. The molecule has 0 rings (SSSR count). The van der Waals surface area contributed by atoms with E-state index in [0.717, 1.165) is 0 Å². The lowest BCUT2D eigenvalue weighted by molar-refractivity contribution is -0.392. The molecule has 0 amide bonds. The summed E-state index contributed by atoms with van der Waals surface area (Å²) in [6.07, 6.45) is 0. The van der Waals surface area contributed by atoms with Crippen molar-refractivity contribution in [1.29, 1.82) is 0 Å². The Morgan fingerprint density at radius 2 is 0.719 bits per heavy atom. The summed E-state index contributed by atoms with van der Waals surface area (Å²) in [5, 5.41) is 0. The van der Waals surface area contributed by atoms with Gasteiger partial charge in [0.05, 0.1) is 0 Å². The summed E-state index contributed by atoms with van der Waals surface area (Å²) in [5.41, 5.74) is 0.